The number of hydrogen-bond acceptors (Lipinski definition) is 3. The highest BCUT2D eigenvalue weighted by molar-refractivity contribution is 5.95. The van der Waals surface area contributed by atoms with Gasteiger partial charge in [0.25, 0.3) is 0 Å². The van der Waals surface area contributed by atoms with Crippen molar-refractivity contribution >= 4 is 16.9 Å². The molecule has 1 N–H and O–H groups in total. The number of fused-ring (bicyclic) bond motifs is 1. The van der Waals surface area contributed by atoms with Gasteiger partial charge < -0.3 is 9.84 Å². The van der Waals surface area contributed by atoms with Crippen molar-refractivity contribution in [2.24, 2.45) is 0 Å². The number of aliphatic carboxylic acids is 1. The Morgan fingerprint density at radius 1 is 1.29 bits per heavy atom. The second-order valence-electron chi connectivity index (χ2n) is 4.95. The third kappa shape index (κ3) is 2.28. The Morgan fingerprint density at radius 2 is 2.00 bits per heavy atom. The lowest BCUT2D eigenvalue weighted by atomic mass is 9.92. The molecule has 0 spiro atoms. The maximum Gasteiger partial charge on any atom is 0.573 e. The van der Waals surface area contributed by atoms with Gasteiger partial charge in [0.1, 0.15) is 5.52 Å². The fraction of sp³-hybridized carbons (Fsp3) is 0.286. The van der Waals surface area contributed by atoms with Gasteiger partial charge in [-0.15, -0.1) is 13.2 Å². The summed E-state index contributed by atoms with van der Waals surface area (Å²) in [7, 11) is 0. The molecule has 1 saturated carbocycles. The molecular weight excluding hydrogens is 287 g/mol. The topological polar surface area (TPSA) is 59.4 Å². The van der Waals surface area contributed by atoms with E-state index >= 15 is 0 Å². The van der Waals surface area contributed by atoms with Crippen molar-refractivity contribution in [2.45, 2.75) is 24.6 Å². The van der Waals surface area contributed by atoms with Crippen LogP contribution in [0.3, 0.4) is 0 Å². The van der Waals surface area contributed by atoms with Gasteiger partial charge in [0.15, 0.2) is 5.75 Å². The van der Waals surface area contributed by atoms with Crippen molar-refractivity contribution in [2.75, 3.05) is 0 Å². The second kappa shape index (κ2) is 4.34. The third-order valence-electron chi connectivity index (χ3n) is 3.63. The first-order valence-electron chi connectivity index (χ1n) is 6.21. The monoisotopic (exact) mass is 297 g/mol. The zero-order chi connectivity index (χ0) is 15.3. The molecule has 0 aliphatic heterocycles. The van der Waals surface area contributed by atoms with E-state index in [1.54, 1.807) is 12.1 Å². The maximum absolute atomic E-state index is 12.4. The molecule has 1 aliphatic rings. The number of hydrogen-bond donors (Lipinski definition) is 1. The Kier molecular flexibility index (Phi) is 2.82. The van der Waals surface area contributed by atoms with Crippen LogP contribution in [0.15, 0.2) is 30.5 Å². The third-order valence-corrected chi connectivity index (χ3v) is 3.63. The van der Waals surface area contributed by atoms with Crippen LogP contribution in [0.4, 0.5) is 13.2 Å². The zero-order valence-corrected chi connectivity index (χ0v) is 10.6. The summed E-state index contributed by atoms with van der Waals surface area (Å²) in [5.41, 5.74) is -0.523. The highest BCUT2D eigenvalue weighted by atomic mass is 19.4. The van der Waals surface area contributed by atoms with Crippen LogP contribution in [-0.4, -0.2) is 22.4 Å². The van der Waals surface area contributed by atoms with Crippen LogP contribution in [0.5, 0.6) is 5.75 Å². The molecule has 1 aromatic carbocycles. The molecule has 1 aliphatic carbocycles. The van der Waals surface area contributed by atoms with Crippen molar-refractivity contribution in [3.8, 4) is 5.75 Å². The highest BCUT2D eigenvalue weighted by Crippen LogP contribution is 2.51. The first-order chi connectivity index (χ1) is 9.83. The number of pyridine rings is 1. The average Bonchev–Trinajstić information content (AvgIpc) is 3.19. The van der Waals surface area contributed by atoms with Crippen molar-refractivity contribution in [3.63, 3.8) is 0 Å². The first kappa shape index (κ1) is 13.7. The van der Waals surface area contributed by atoms with Crippen LogP contribution >= 0.6 is 0 Å². The molecule has 7 heteroatoms. The van der Waals surface area contributed by atoms with Gasteiger partial charge in [-0.05, 0) is 30.5 Å². The van der Waals surface area contributed by atoms with Gasteiger partial charge in [0.05, 0.1) is 5.41 Å². The molecule has 1 fully saturated rings. The largest absolute Gasteiger partial charge is 0.573 e. The molecule has 0 atom stereocenters. The lowest BCUT2D eigenvalue weighted by Crippen LogP contribution is -2.21. The number of carboxylic acids is 1. The van der Waals surface area contributed by atoms with E-state index in [1.807, 2.05) is 0 Å². The quantitative estimate of drug-likeness (QED) is 0.944. The van der Waals surface area contributed by atoms with E-state index in [4.69, 9.17) is 0 Å². The molecule has 110 valence electrons. The maximum atomic E-state index is 12.4. The van der Waals surface area contributed by atoms with E-state index in [1.165, 1.54) is 12.3 Å². The zero-order valence-electron chi connectivity index (χ0n) is 10.6. The van der Waals surface area contributed by atoms with E-state index in [9.17, 15) is 23.1 Å². The van der Waals surface area contributed by atoms with Gasteiger partial charge in [-0.3, -0.25) is 9.78 Å². The minimum absolute atomic E-state index is 0.0138. The summed E-state index contributed by atoms with van der Waals surface area (Å²) in [6, 6.07) is 5.62. The number of benzene rings is 1. The van der Waals surface area contributed by atoms with Crippen LogP contribution in [0, 0.1) is 0 Å². The molecule has 0 saturated heterocycles. The summed E-state index contributed by atoms with van der Waals surface area (Å²) in [6.07, 6.45) is -2.55. The fourth-order valence-electron chi connectivity index (χ4n) is 2.49. The fourth-order valence-corrected chi connectivity index (χ4v) is 2.49. The van der Waals surface area contributed by atoms with Crippen molar-refractivity contribution in [3.05, 3.63) is 36.0 Å². The van der Waals surface area contributed by atoms with E-state index in [0.717, 1.165) is 6.07 Å². The number of carboxylic acid groups (broad SMARTS) is 1. The number of alkyl halides is 3. The number of aromatic nitrogens is 1. The van der Waals surface area contributed by atoms with Crippen LogP contribution in [-0.2, 0) is 10.2 Å². The molecular formula is C14H10F3NO3. The van der Waals surface area contributed by atoms with Crippen molar-refractivity contribution in [1.29, 1.82) is 0 Å². The van der Waals surface area contributed by atoms with Crippen molar-refractivity contribution in [1.82, 2.24) is 4.98 Å². The van der Waals surface area contributed by atoms with E-state index < -0.39 is 23.5 Å². The SMILES string of the molecule is O=C(O)C1(c2ccc(OC(F)(F)F)c3ncccc23)CC1. The standard InChI is InChI=1S/C14H10F3NO3/c15-14(16,17)21-10-4-3-9(13(5-6-13)12(19)20)8-2-1-7-18-11(8)10/h1-4,7H,5-6H2,(H,19,20). The van der Waals surface area contributed by atoms with Gasteiger partial charge >= 0.3 is 12.3 Å². The summed E-state index contributed by atoms with van der Waals surface area (Å²) in [6.45, 7) is 0. The Bertz CT molecular complexity index is 723. The molecule has 4 nitrogen and oxygen atoms in total. The van der Waals surface area contributed by atoms with Gasteiger partial charge in [0, 0.05) is 11.6 Å². The van der Waals surface area contributed by atoms with Crippen LogP contribution in [0.2, 0.25) is 0 Å². The predicted octanol–water partition coefficient (Wildman–Crippen LogP) is 3.25. The molecule has 0 radical (unpaired) electrons. The Hall–Kier alpha value is -2.31. The van der Waals surface area contributed by atoms with Gasteiger partial charge in [-0.25, -0.2) is 0 Å². The van der Waals surface area contributed by atoms with Crippen LogP contribution in [0.1, 0.15) is 18.4 Å². The number of rotatable bonds is 3. The lowest BCUT2D eigenvalue weighted by molar-refractivity contribution is -0.274. The second-order valence-corrected chi connectivity index (χ2v) is 4.95. The van der Waals surface area contributed by atoms with Gasteiger partial charge in [0.2, 0.25) is 0 Å². The van der Waals surface area contributed by atoms with Crippen LogP contribution in [0.25, 0.3) is 10.9 Å². The smallest absolute Gasteiger partial charge is 0.481 e. The van der Waals surface area contributed by atoms with Gasteiger partial charge in [-0.1, -0.05) is 12.1 Å². The lowest BCUT2D eigenvalue weighted by Gasteiger charge is -2.16. The molecule has 2 aromatic rings. The van der Waals surface area contributed by atoms with Crippen molar-refractivity contribution < 1.29 is 27.8 Å². The Balaban J connectivity index is 2.18. The Labute approximate surface area is 117 Å². The molecule has 1 heterocycles. The molecule has 0 amide bonds. The average molecular weight is 297 g/mol. The minimum Gasteiger partial charge on any atom is -0.481 e. The summed E-state index contributed by atoms with van der Waals surface area (Å²) >= 11 is 0. The predicted molar refractivity (Wildman–Crippen MR) is 67.0 cm³/mol. The Morgan fingerprint density at radius 3 is 2.57 bits per heavy atom. The van der Waals surface area contributed by atoms with E-state index in [2.05, 4.69) is 9.72 Å². The number of nitrogens with zero attached hydrogens (tertiary/aromatic N) is 1. The molecule has 0 unspecified atom stereocenters. The van der Waals surface area contributed by atoms with Crippen LogP contribution < -0.4 is 4.74 Å². The van der Waals surface area contributed by atoms with E-state index in [0.29, 0.717) is 23.8 Å². The normalized spacial score (nSPS) is 16.7. The summed E-state index contributed by atoms with van der Waals surface area (Å²) in [5, 5.41) is 9.71. The number of halogens is 3. The summed E-state index contributed by atoms with van der Waals surface area (Å²) < 4.78 is 41.2. The van der Waals surface area contributed by atoms with E-state index in [-0.39, 0.29) is 5.52 Å². The minimum atomic E-state index is -4.82. The first-order valence-corrected chi connectivity index (χ1v) is 6.21. The van der Waals surface area contributed by atoms with Gasteiger partial charge in [-0.2, -0.15) is 0 Å². The summed E-state index contributed by atoms with van der Waals surface area (Å²) in [5.74, 6) is -1.40. The summed E-state index contributed by atoms with van der Waals surface area (Å²) in [4.78, 5) is 15.3. The number of carbonyl (C=O) groups is 1. The number of ether oxygens (including phenoxy) is 1. The molecule has 1 aromatic heterocycles. The molecule has 3 rings (SSSR count). The molecule has 0 bridgehead atoms. The highest BCUT2D eigenvalue weighted by Gasteiger charge is 2.52. The molecule has 21 heavy (non-hydrogen) atoms.